The van der Waals surface area contributed by atoms with E-state index < -0.39 is 11.9 Å². The predicted octanol–water partition coefficient (Wildman–Crippen LogP) is 2.58. The molecular formula is C19H38O5Zn. The molecule has 0 amide bonds. The van der Waals surface area contributed by atoms with Gasteiger partial charge in [-0.1, -0.05) is 84.0 Å². The number of aliphatic hydroxyl groups excluding tert-OH is 1. The molecule has 6 heteroatoms. The zero-order chi connectivity index (χ0) is 19.1. The van der Waals surface area contributed by atoms with Crippen molar-refractivity contribution in [3.05, 3.63) is 0 Å². The van der Waals surface area contributed by atoms with Gasteiger partial charge in [0.1, 0.15) is 0 Å². The third kappa shape index (κ3) is 69.5. The molecule has 0 aromatic heterocycles. The molecule has 0 saturated carbocycles. The molecular weight excluding hydrogens is 374 g/mol. The second-order valence-electron chi connectivity index (χ2n) is 5.95. The number of carboxylic acid groups (broad SMARTS) is 2. The maximum Gasteiger partial charge on any atom is 2.00 e. The Hall–Kier alpha value is -0.477. The number of carbonyl (C=O) groups excluding carboxylic acids is 2. The Bertz CT molecular complexity index is 226. The van der Waals surface area contributed by atoms with E-state index in [-0.39, 0.29) is 19.5 Å². The quantitative estimate of drug-likeness (QED) is 0.371. The molecule has 1 N–H and O–H groups in total. The second kappa shape index (κ2) is 31.3. The van der Waals surface area contributed by atoms with Crippen molar-refractivity contribution in [3.8, 4) is 0 Å². The number of hydrogen-bond acceptors (Lipinski definition) is 5. The van der Waals surface area contributed by atoms with Gasteiger partial charge in [-0.25, -0.2) is 0 Å². The molecule has 0 aliphatic carbocycles. The van der Waals surface area contributed by atoms with Gasteiger partial charge in [0, 0.05) is 18.5 Å². The fraction of sp³-hybridized carbons (Fsp3) is 0.895. The van der Waals surface area contributed by atoms with Crippen molar-refractivity contribution in [1.82, 2.24) is 0 Å². The summed E-state index contributed by atoms with van der Waals surface area (Å²) >= 11 is 0. The van der Waals surface area contributed by atoms with Crippen LogP contribution in [0.3, 0.4) is 0 Å². The maximum atomic E-state index is 8.89. The Morgan fingerprint density at radius 1 is 0.640 bits per heavy atom. The zero-order valence-corrected chi connectivity index (χ0v) is 19.7. The number of hydrogen-bond donors (Lipinski definition) is 1. The van der Waals surface area contributed by atoms with Gasteiger partial charge in [0.25, 0.3) is 0 Å². The van der Waals surface area contributed by atoms with Gasteiger partial charge in [0.15, 0.2) is 0 Å². The third-order valence-corrected chi connectivity index (χ3v) is 3.26. The van der Waals surface area contributed by atoms with Gasteiger partial charge in [0.05, 0.1) is 0 Å². The summed E-state index contributed by atoms with van der Waals surface area (Å²) in [6, 6.07) is 0. The molecule has 0 rings (SSSR count). The molecule has 0 aromatic rings. The Kier molecular flexibility index (Phi) is 40.3. The Labute approximate surface area is 167 Å². The molecule has 0 fully saturated rings. The standard InChI is InChI=1S/C15H32O.2C2H4O2.Zn/c1-2-3-4-5-6-7-8-9-10-11-12-13-14-15-16;2*1-2(3)4;/h16H,2-15H2,1H3;2*1H3,(H,3,4);/q;;;+2/p-2. The van der Waals surface area contributed by atoms with Crippen molar-refractivity contribution < 1.29 is 44.4 Å². The van der Waals surface area contributed by atoms with Gasteiger partial charge < -0.3 is 24.9 Å². The summed E-state index contributed by atoms with van der Waals surface area (Å²) in [5.74, 6) is -2.17. The van der Waals surface area contributed by atoms with E-state index in [4.69, 9.17) is 24.9 Å². The molecule has 0 unspecified atom stereocenters. The minimum Gasteiger partial charge on any atom is -0.550 e. The van der Waals surface area contributed by atoms with Crippen LogP contribution in [0.4, 0.5) is 0 Å². The molecule has 0 aliphatic heterocycles. The van der Waals surface area contributed by atoms with Crippen LogP contribution in [0.25, 0.3) is 0 Å². The van der Waals surface area contributed by atoms with Crippen LogP contribution >= 0.6 is 0 Å². The van der Waals surface area contributed by atoms with Crippen LogP contribution < -0.4 is 10.2 Å². The van der Waals surface area contributed by atoms with Crippen LogP contribution in [-0.4, -0.2) is 23.7 Å². The fourth-order valence-electron chi connectivity index (χ4n) is 2.13. The Morgan fingerprint density at radius 2 is 0.840 bits per heavy atom. The van der Waals surface area contributed by atoms with Crippen molar-refractivity contribution in [2.75, 3.05) is 6.61 Å². The average Bonchev–Trinajstić information content (AvgIpc) is 2.47. The summed E-state index contributed by atoms with van der Waals surface area (Å²) in [6.07, 6.45) is 17.7. The van der Waals surface area contributed by atoms with Crippen molar-refractivity contribution in [2.24, 2.45) is 0 Å². The molecule has 0 atom stereocenters. The minimum absolute atomic E-state index is 0. The first-order valence-corrected chi connectivity index (χ1v) is 9.34. The fourth-order valence-corrected chi connectivity index (χ4v) is 2.13. The van der Waals surface area contributed by atoms with Crippen molar-refractivity contribution in [3.63, 3.8) is 0 Å². The maximum absolute atomic E-state index is 8.89. The first-order chi connectivity index (χ1) is 11.4. The number of unbranched alkanes of at least 4 members (excludes halogenated alkanes) is 12. The van der Waals surface area contributed by atoms with E-state index in [9.17, 15) is 0 Å². The van der Waals surface area contributed by atoms with Crippen molar-refractivity contribution >= 4 is 11.9 Å². The monoisotopic (exact) mass is 410 g/mol. The minimum atomic E-state index is -1.08. The number of rotatable bonds is 13. The molecule has 146 valence electrons. The molecule has 0 aliphatic rings. The van der Waals surface area contributed by atoms with Gasteiger partial charge in [-0.15, -0.1) is 0 Å². The molecule has 0 heterocycles. The summed E-state index contributed by atoms with van der Waals surface area (Å²) in [5, 5.41) is 26.4. The van der Waals surface area contributed by atoms with Crippen LogP contribution in [-0.2, 0) is 29.1 Å². The third-order valence-electron chi connectivity index (χ3n) is 3.26. The van der Waals surface area contributed by atoms with Gasteiger partial charge in [-0.2, -0.15) is 0 Å². The summed E-state index contributed by atoms with van der Waals surface area (Å²) < 4.78 is 0. The summed E-state index contributed by atoms with van der Waals surface area (Å²) in [4.78, 5) is 17.8. The van der Waals surface area contributed by atoms with Crippen LogP contribution in [0.2, 0.25) is 0 Å². The van der Waals surface area contributed by atoms with Gasteiger partial charge in [-0.3, -0.25) is 0 Å². The number of aliphatic carboxylic acids is 2. The molecule has 0 radical (unpaired) electrons. The Morgan fingerprint density at radius 3 is 1.04 bits per heavy atom. The van der Waals surface area contributed by atoms with Crippen LogP contribution in [0, 0.1) is 0 Å². The van der Waals surface area contributed by atoms with E-state index in [1.165, 1.54) is 77.0 Å². The summed E-state index contributed by atoms with van der Waals surface area (Å²) in [7, 11) is 0. The molecule has 0 aromatic carbocycles. The first-order valence-electron chi connectivity index (χ1n) is 9.34. The molecule has 0 saturated heterocycles. The van der Waals surface area contributed by atoms with Crippen LogP contribution in [0.5, 0.6) is 0 Å². The van der Waals surface area contributed by atoms with E-state index in [0.29, 0.717) is 6.61 Å². The number of carboxylic acids is 2. The summed E-state index contributed by atoms with van der Waals surface area (Å²) in [6.45, 7) is 4.59. The molecule has 5 nitrogen and oxygen atoms in total. The zero-order valence-electron chi connectivity index (χ0n) is 16.7. The first kappa shape index (κ1) is 32.2. The average molecular weight is 412 g/mol. The normalized spacial score (nSPS) is 8.96. The largest absolute Gasteiger partial charge is 2.00 e. The van der Waals surface area contributed by atoms with E-state index >= 15 is 0 Å². The van der Waals surface area contributed by atoms with Gasteiger partial charge in [0.2, 0.25) is 0 Å². The topological polar surface area (TPSA) is 100 Å². The van der Waals surface area contributed by atoms with Gasteiger partial charge in [-0.05, 0) is 20.3 Å². The smallest absolute Gasteiger partial charge is 0.550 e. The van der Waals surface area contributed by atoms with Crippen molar-refractivity contribution in [2.45, 2.75) is 104 Å². The molecule has 0 spiro atoms. The van der Waals surface area contributed by atoms with E-state index in [0.717, 1.165) is 20.3 Å². The van der Waals surface area contributed by atoms with Crippen molar-refractivity contribution in [1.29, 1.82) is 0 Å². The summed E-state index contributed by atoms with van der Waals surface area (Å²) in [5.41, 5.74) is 0. The van der Waals surface area contributed by atoms with Crippen LogP contribution in [0.1, 0.15) is 104 Å². The second-order valence-corrected chi connectivity index (χ2v) is 5.95. The number of carbonyl (C=O) groups is 2. The predicted molar refractivity (Wildman–Crippen MR) is 94.1 cm³/mol. The Balaban J connectivity index is -0.000000205. The number of aliphatic hydroxyl groups is 1. The van der Waals surface area contributed by atoms with E-state index in [2.05, 4.69) is 6.92 Å². The molecule has 25 heavy (non-hydrogen) atoms. The SMILES string of the molecule is CC(=O)[O-].CC(=O)[O-].CCCCCCCCCCCCCCCO.[Zn+2]. The van der Waals surface area contributed by atoms with Crippen LogP contribution in [0.15, 0.2) is 0 Å². The van der Waals surface area contributed by atoms with E-state index in [1.54, 1.807) is 0 Å². The van der Waals surface area contributed by atoms with Gasteiger partial charge >= 0.3 is 19.5 Å². The molecule has 0 bridgehead atoms. The van der Waals surface area contributed by atoms with E-state index in [1.807, 2.05) is 0 Å².